The number of rotatable bonds is 2. The van der Waals surface area contributed by atoms with Crippen LogP contribution < -0.4 is 0 Å². The number of fused-ring (bicyclic) bond motifs is 3. The van der Waals surface area contributed by atoms with Crippen LogP contribution in [0.25, 0.3) is 33.2 Å². The van der Waals surface area contributed by atoms with E-state index >= 15 is 0 Å². The van der Waals surface area contributed by atoms with Crippen LogP contribution in [-0.4, -0.2) is 9.97 Å². The maximum atomic E-state index is 4.81. The van der Waals surface area contributed by atoms with E-state index in [9.17, 15) is 0 Å². The van der Waals surface area contributed by atoms with Crippen LogP contribution in [0.5, 0.6) is 0 Å². The van der Waals surface area contributed by atoms with Gasteiger partial charge in [-0.05, 0) is 23.4 Å². The van der Waals surface area contributed by atoms with Crippen molar-refractivity contribution in [1.82, 2.24) is 9.97 Å². The summed E-state index contributed by atoms with van der Waals surface area (Å²) in [7, 11) is 0. The molecule has 0 fully saturated rings. The third kappa shape index (κ3) is 2.00. The molecule has 2 heteroatoms. The first kappa shape index (κ1) is 12.2. The molecular weight excluding hydrogens is 256 g/mol. The average Bonchev–Trinajstić information content (AvgIpc) is 2.99. The third-order valence-electron chi connectivity index (χ3n) is 4.01. The number of nitrogens with one attached hydrogen (secondary N) is 1. The minimum atomic E-state index is 0.934. The molecule has 102 valence electrons. The number of H-pyrrole nitrogens is 1. The molecule has 0 aliphatic rings. The van der Waals surface area contributed by atoms with Gasteiger partial charge in [0.25, 0.3) is 0 Å². The van der Waals surface area contributed by atoms with Gasteiger partial charge < -0.3 is 4.98 Å². The lowest BCUT2D eigenvalue weighted by Crippen LogP contribution is -1.82. The van der Waals surface area contributed by atoms with Gasteiger partial charge in [-0.3, -0.25) is 0 Å². The lowest BCUT2D eigenvalue weighted by molar-refractivity contribution is 1.14. The Labute approximate surface area is 123 Å². The minimum absolute atomic E-state index is 0.934. The van der Waals surface area contributed by atoms with Crippen LogP contribution in [0.3, 0.4) is 0 Å². The average molecular weight is 272 g/mol. The first-order chi connectivity index (χ1) is 10.3. The van der Waals surface area contributed by atoms with Crippen LogP contribution in [0.15, 0.2) is 60.7 Å². The van der Waals surface area contributed by atoms with Crippen LogP contribution in [0.4, 0.5) is 0 Å². The van der Waals surface area contributed by atoms with Crippen LogP contribution in [0, 0.1) is 0 Å². The van der Waals surface area contributed by atoms with Gasteiger partial charge in [-0.2, -0.15) is 0 Å². The first-order valence-corrected chi connectivity index (χ1v) is 7.32. The van der Waals surface area contributed by atoms with Gasteiger partial charge >= 0.3 is 0 Å². The van der Waals surface area contributed by atoms with Gasteiger partial charge in [-0.25, -0.2) is 4.98 Å². The number of imidazole rings is 1. The van der Waals surface area contributed by atoms with Crippen LogP contribution >= 0.6 is 0 Å². The number of hydrogen-bond acceptors (Lipinski definition) is 1. The van der Waals surface area contributed by atoms with E-state index in [2.05, 4.69) is 72.6 Å². The number of aromatic nitrogens is 2. The zero-order valence-electron chi connectivity index (χ0n) is 11.9. The highest BCUT2D eigenvalue weighted by molar-refractivity contribution is 6.04. The van der Waals surface area contributed by atoms with Crippen molar-refractivity contribution in [3.63, 3.8) is 0 Å². The molecule has 0 radical (unpaired) electrons. The predicted molar refractivity (Wildman–Crippen MR) is 88.4 cm³/mol. The largest absolute Gasteiger partial charge is 0.338 e. The highest BCUT2D eigenvalue weighted by atomic mass is 14.9. The molecule has 0 aliphatic heterocycles. The van der Waals surface area contributed by atoms with Gasteiger partial charge in [0.1, 0.15) is 5.82 Å². The molecule has 1 N–H and O–H groups in total. The summed E-state index contributed by atoms with van der Waals surface area (Å²) in [6, 6.07) is 21.2. The second-order valence-corrected chi connectivity index (χ2v) is 5.32. The fourth-order valence-electron chi connectivity index (χ4n) is 2.78. The summed E-state index contributed by atoms with van der Waals surface area (Å²) in [5, 5.41) is 2.42. The molecule has 2 nitrogen and oxygen atoms in total. The highest BCUT2D eigenvalue weighted by Crippen LogP contribution is 2.27. The molecule has 1 aromatic heterocycles. The van der Waals surface area contributed by atoms with Crippen molar-refractivity contribution in [3.05, 3.63) is 66.2 Å². The topological polar surface area (TPSA) is 28.7 Å². The van der Waals surface area contributed by atoms with Gasteiger partial charge in [0, 0.05) is 10.9 Å². The fourth-order valence-corrected chi connectivity index (χ4v) is 2.78. The Kier molecular flexibility index (Phi) is 2.74. The van der Waals surface area contributed by atoms with E-state index in [1.54, 1.807) is 0 Å². The smallest absolute Gasteiger partial charge is 0.138 e. The monoisotopic (exact) mass is 272 g/mol. The summed E-state index contributed by atoms with van der Waals surface area (Å²) in [5.41, 5.74) is 4.61. The molecule has 4 rings (SSSR count). The standard InChI is InChI=1S/C19H16N2/c1-2-13-7-9-15(10-8-13)19-20-17-12-11-14-5-3-4-6-16(14)18(17)21-19/h3-12H,2H2,1H3,(H,20,21). The Bertz CT molecular complexity index is 917. The van der Waals surface area contributed by atoms with Gasteiger partial charge in [0.2, 0.25) is 0 Å². The third-order valence-corrected chi connectivity index (χ3v) is 4.01. The molecule has 1 heterocycles. The molecule has 4 aromatic rings. The van der Waals surface area contributed by atoms with Gasteiger partial charge in [0.15, 0.2) is 0 Å². The van der Waals surface area contributed by atoms with Gasteiger partial charge in [-0.15, -0.1) is 0 Å². The quantitative estimate of drug-likeness (QED) is 0.549. The molecule has 0 saturated carbocycles. The number of benzene rings is 3. The Hall–Kier alpha value is -2.61. The summed E-state index contributed by atoms with van der Waals surface area (Å²) in [6.07, 6.45) is 1.06. The second kappa shape index (κ2) is 4.74. The molecule has 3 aromatic carbocycles. The Morgan fingerprint density at radius 3 is 2.52 bits per heavy atom. The molecule has 0 amide bonds. The Morgan fingerprint density at radius 2 is 1.71 bits per heavy atom. The highest BCUT2D eigenvalue weighted by Gasteiger charge is 2.08. The van der Waals surface area contributed by atoms with E-state index in [0.717, 1.165) is 28.8 Å². The normalized spacial score (nSPS) is 11.3. The second-order valence-electron chi connectivity index (χ2n) is 5.32. The predicted octanol–water partition coefficient (Wildman–Crippen LogP) is 4.95. The van der Waals surface area contributed by atoms with Crippen molar-refractivity contribution in [2.24, 2.45) is 0 Å². The molecule has 0 aliphatic carbocycles. The lowest BCUT2D eigenvalue weighted by atomic mass is 10.1. The molecular formula is C19H16N2. The zero-order valence-corrected chi connectivity index (χ0v) is 11.9. The Balaban J connectivity index is 1.91. The first-order valence-electron chi connectivity index (χ1n) is 7.32. The van der Waals surface area contributed by atoms with Crippen molar-refractivity contribution in [3.8, 4) is 11.4 Å². The molecule has 0 unspecified atom stereocenters. The van der Waals surface area contributed by atoms with Crippen molar-refractivity contribution < 1.29 is 0 Å². The lowest BCUT2D eigenvalue weighted by Gasteiger charge is -1.98. The minimum Gasteiger partial charge on any atom is -0.338 e. The number of hydrogen-bond donors (Lipinski definition) is 1. The fraction of sp³-hybridized carbons (Fsp3) is 0.105. The van der Waals surface area contributed by atoms with Crippen molar-refractivity contribution in [2.75, 3.05) is 0 Å². The van der Waals surface area contributed by atoms with Crippen LogP contribution in [-0.2, 0) is 6.42 Å². The SMILES string of the molecule is CCc1ccc(-c2nc3c(ccc4ccccc43)[nH]2)cc1. The zero-order chi connectivity index (χ0) is 14.2. The maximum absolute atomic E-state index is 4.81. The van der Waals surface area contributed by atoms with Crippen molar-refractivity contribution >= 4 is 21.8 Å². The van der Waals surface area contributed by atoms with E-state index in [0.29, 0.717) is 0 Å². The van der Waals surface area contributed by atoms with E-state index in [1.165, 1.54) is 16.3 Å². The summed E-state index contributed by atoms with van der Waals surface area (Å²) >= 11 is 0. The molecule has 0 bridgehead atoms. The summed E-state index contributed by atoms with van der Waals surface area (Å²) in [5.74, 6) is 0.934. The summed E-state index contributed by atoms with van der Waals surface area (Å²) in [4.78, 5) is 8.24. The van der Waals surface area contributed by atoms with Gasteiger partial charge in [0.05, 0.1) is 11.0 Å². The van der Waals surface area contributed by atoms with Crippen molar-refractivity contribution in [2.45, 2.75) is 13.3 Å². The molecule has 0 spiro atoms. The molecule has 21 heavy (non-hydrogen) atoms. The van der Waals surface area contributed by atoms with Crippen molar-refractivity contribution in [1.29, 1.82) is 0 Å². The Morgan fingerprint density at radius 1 is 0.905 bits per heavy atom. The van der Waals surface area contributed by atoms with E-state index < -0.39 is 0 Å². The number of aryl methyl sites for hydroxylation is 1. The van der Waals surface area contributed by atoms with E-state index in [-0.39, 0.29) is 0 Å². The van der Waals surface area contributed by atoms with E-state index in [4.69, 9.17) is 4.98 Å². The molecule has 0 atom stereocenters. The van der Waals surface area contributed by atoms with Gasteiger partial charge in [-0.1, -0.05) is 61.5 Å². The summed E-state index contributed by atoms with van der Waals surface area (Å²) < 4.78 is 0. The van der Waals surface area contributed by atoms with Crippen LogP contribution in [0.1, 0.15) is 12.5 Å². The molecule has 0 saturated heterocycles. The van der Waals surface area contributed by atoms with E-state index in [1.807, 2.05) is 0 Å². The van der Waals surface area contributed by atoms with Crippen LogP contribution in [0.2, 0.25) is 0 Å². The summed E-state index contributed by atoms with van der Waals surface area (Å²) in [6.45, 7) is 2.17. The number of nitrogens with zero attached hydrogens (tertiary/aromatic N) is 1. The number of aromatic amines is 1. The maximum Gasteiger partial charge on any atom is 0.138 e.